The highest BCUT2D eigenvalue weighted by Gasteiger charge is 2.27. The van der Waals surface area contributed by atoms with Crippen molar-refractivity contribution in [3.05, 3.63) is 52.8 Å². The van der Waals surface area contributed by atoms with Gasteiger partial charge in [0.15, 0.2) is 0 Å². The third-order valence-electron chi connectivity index (χ3n) is 3.32. The molecular formula is C15H16BrN3O. The van der Waals surface area contributed by atoms with Gasteiger partial charge < -0.3 is 9.64 Å². The maximum atomic E-state index is 6.04. The van der Waals surface area contributed by atoms with Crippen LogP contribution in [0.15, 0.2) is 47.2 Å². The number of anilines is 1. The SMILES string of the molecule is CC1CN(c2ncc(Br)cn2)CC(c2ccccc2)O1. The van der Waals surface area contributed by atoms with Crippen molar-refractivity contribution < 1.29 is 4.74 Å². The average Bonchev–Trinajstić information content (AvgIpc) is 2.48. The van der Waals surface area contributed by atoms with Crippen molar-refractivity contribution >= 4 is 21.9 Å². The second-order valence-electron chi connectivity index (χ2n) is 4.95. The smallest absolute Gasteiger partial charge is 0.225 e. The summed E-state index contributed by atoms with van der Waals surface area (Å²) in [5.41, 5.74) is 1.20. The first-order valence-electron chi connectivity index (χ1n) is 6.65. The molecule has 20 heavy (non-hydrogen) atoms. The first kappa shape index (κ1) is 13.5. The number of morpholine rings is 1. The van der Waals surface area contributed by atoms with Crippen molar-refractivity contribution in [2.75, 3.05) is 18.0 Å². The van der Waals surface area contributed by atoms with Crippen molar-refractivity contribution in [1.29, 1.82) is 0 Å². The molecule has 0 aliphatic carbocycles. The summed E-state index contributed by atoms with van der Waals surface area (Å²) in [6.45, 7) is 3.67. The van der Waals surface area contributed by atoms with E-state index in [0.717, 1.165) is 23.5 Å². The fourth-order valence-electron chi connectivity index (χ4n) is 2.44. The summed E-state index contributed by atoms with van der Waals surface area (Å²) in [6.07, 6.45) is 3.77. The van der Waals surface area contributed by atoms with Crippen molar-refractivity contribution in [2.45, 2.75) is 19.1 Å². The molecular weight excluding hydrogens is 318 g/mol. The van der Waals surface area contributed by atoms with Gasteiger partial charge in [-0.25, -0.2) is 9.97 Å². The van der Waals surface area contributed by atoms with E-state index >= 15 is 0 Å². The second kappa shape index (κ2) is 5.89. The highest BCUT2D eigenvalue weighted by Crippen LogP contribution is 2.27. The lowest BCUT2D eigenvalue weighted by molar-refractivity contribution is -0.0178. The number of ether oxygens (including phenoxy) is 1. The van der Waals surface area contributed by atoms with Crippen molar-refractivity contribution in [3.63, 3.8) is 0 Å². The van der Waals surface area contributed by atoms with Gasteiger partial charge in [-0.05, 0) is 28.4 Å². The van der Waals surface area contributed by atoms with Crippen LogP contribution in [-0.4, -0.2) is 29.2 Å². The summed E-state index contributed by atoms with van der Waals surface area (Å²) >= 11 is 3.36. The van der Waals surface area contributed by atoms with Gasteiger partial charge >= 0.3 is 0 Å². The van der Waals surface area contributed by atoms with Gasteiger partial charge in [-0.1, -0.05) is 30.3 Å². The van der Waals surface area contributed by atoms with Crippen LogP contribution in [-0.2, 0) is 4.74 Å². The van der Waals surface area contributed by atoms with Gasteiger partial charge in [0, 0.05) is 18.9 Å². The number of hydrogen-bond donors (Lipinski definition) is 0. The molecule has 1 fully saturated rings. The Hall–Kier alpha value is -1.46. The first-order chi connectivity index (χ1) is 9.72. The van der Waals surface area contributed by atoms with Crippen molar-refractivity contribution in [2.24, 2.45) is 0 Å². The predicted octanol–water partition coefficient (Wildman–Crippen LogP) is 3.21. The summed E-state index contributed by atoms with van der Waals surface area (Å²) in [5, 5.41) is 0. The molecule has 4 nitrogen and oxygen atoms in total. The van der Waals surface area contributed by atoms with Crippen LogP contribution < -0.4 is 4.90 Å². The Morgan fingerprint density at radius 2 is 1.85 bits per heavy atom. The van der Waals surface area contributed by atoms with Gasteiger partial charge in [-0.3, -0.25) is 0 Å². The lowest BCUT2D eigenvalue weighted by Crippen LogP contribution is -2.43. The number of nitrogens with zero attached hydrogens (tertiary/aromatic N) is 3. The Labute approximate surface area is 126 Å². The van der Waals surface area contributed by atoms with Crippen LogP contribution in [0.25, 0.3) is 0 Å². The number of benzene rings is 1. The Morgan fingerprint density at radius 1 is 1.15 bits per heavy atom. The second-order valence-corrected chi connectivity index (χ2v) is 5.87. The van der Waals surface area contributed by atoms with Crippen LogP contribution in [0.2, 0.25) is 0 Å². The predicted molar refractivity (Wildman–Crippen MR) is 81.7 cm³/mol. The van der Waals surface area contributed by atoms with Gasteiger partial charge in [0.2, 0.25) is 5.95 Å². The molecule has 0 spiro atoms. The normalized spacial score (nSPS) is 22.8. The Morgan fingerprint density at radius 3 is 2.55 bits per heavy atom. The van der Waals surface area contributed by atoms with Crippen molar-refractivity contribution in [3.8, 4) is 0 Å². The van der Waals surface area contributed by atoms with Crippen LogP contribution in [0.4, 0.5) is 5.95 Å². The number of rotatable bonds is 2. The molecule has 2 unspecified atom stereocenters. The van der Waals surface area contributed by atoms with Crippen LogP contribution in [0.5, 0.6) is 0 Å². The van der Waals surface area contributed by atoms with E-state index in [1.807, 2.05) is 18.2 Å². The molecule has 1 aromatic carbocycles. The van der Waals surface area contributed by atoms with E-state index < -0.39 is 0 Å². The zero-order chi connectivity index (χ0) is 13.9. The zero-order valence-corrected chi connectivity index (χ0v) is 12.8. The summed E-state index contributed by atoms with van der Waals surface area (Å²) in [4.78, 5) is 10.9. The van der Waals surface area contributed by atoms with Crippen LogP contribution >= 0.6 is 15.9 Å². The van der Waals surface area contributed by atoms with Gasteiger partial charge in [0.25, 0.3) is 0 Å². The maximum absolute atomic E-state index is 6.04. The molecule has 1 aliphatic heterocycles. The lowest BCUT2D eigenvalue weighted by atomic mass is 10.1. The molecule has 3 rings (SSSR count). The van der Waals surface area contributed by atoms with Gasteiger partial charge in [0.1, 0.15) is 6.10 Å². The summed E-state index contributed by atoms with van der Waals surface area (Å²) < 4.78 is 6.93. The largest absolute Gasteiger partial charge is 0.367 e. The third kappa shape index (κ3) is 2.99. The number of aromatic nitrogens is 2. The molecule has 1 saturated heterocycles. The molecule has 2 aromatic rings. The van der Waals surface area contributed by atoms with Crippen LogP contribution in [0.1, 0.15) is 18.6 Å². The van der Waals surface area contributed by atoms with E-state index in [4.69, 9.17) is 4.74 Å². The Balaban J connectivity index is 1.81. The van der Waals surface area contributed by atoms with Gasteiger partial charge in [-0.2, -0.15) is 0 Å². The van der Waals surface area contributed by atoms with Gasteiger partial charge in [0.05, 0.1) is 17.1 Å². The standard InChI is InChI=1S/C15H16BrN3O/c1-11-9-19(15-17-7-13(16)8-18-15)10-14(20-11)12-5-3-2-4-6-12/h2-8,11,14H,9-10H2,1H3. The molecule has 0 bridgehead atoms. The quantitative estimate of drug-likeness (QED) is 0.845. The first-order valence-corrected chi connectivity index (χ1v) is 7.44. The molecule has 0 saturated carbocycles. The molecule has 1 aliphatic rings. The van der Waals surface area contributed by atoms with Crippen LogP contribution in [0, 0.1) is 0 Å². The van der Waals surface area contributed by atoms with E-state index in [2.05, 4.69) is 49.9 Å². The highest BCUT2D eigenvalue weighted by molar-refractivity contribution is 9.10. The molecule has 0 amide bonds. The number of hydrogen-bond acceptors (Lipinski definition) is 4. The summed E-state index contributed by atoms with van der Waals surface area (Å²) in [7, 11) is 0. The van der Waals surface area contributed by atoms with Crippen LogP contribution in [0.3, 0.4) is 0 Å². The zero-order valence-electron chi connectivity index (χ0n) is 11.2. The Bertz CT molecular complexity index is 561. The van der Waals surface area contributed by atoms with E-state index in [-0.39, 0.29) is 12.2 Å². The molecule has 0 N–H and O–H groups in total. The highest BCUT2D eigenvalue weighted by atomic mass is 79.9. The van der Waals surface area contributed by atoms with E-state index in [0.29, 0.717) is 0 Å². The average molecular weight is 334 g/mol. The molecule has 2 atom stereocenters. The fraction of sp³-hybridized carbons (Fsp3) is 0.333. The molecule has 104 valence electrons. The van der Waals surface area contributed by atoms with Crippen molar-refractivity contribution in [1.82, 2.24) is 9.97 Å². The Kier molecular flexibility index (Phi) is 3.98. The topological polar surface area (TPSA) is 38.2 Å². The molecule has 5 heteroatoms. The number of halogens is 1. The monoisotopic (exact) mass is 333 g/mol. The maximum Gasteiger partial charge on any atom is 0.225 e. The minimum Gasteiger partial charge on any atom is -0.367 e. The molecule has 2 heterocycles. The summed E-state index contributed by atoms with van der Waals surface area (Å²) in [6, 6.07) is 10.3. The summed E-state index contributed by atoms with van der Waals surface area (Å²) in [5.74, 6) is 0.754. The lowest BCUT2D eigenvalue weighted by Gasteiger charge is -2.37. The van der Waals surface area contributed by atoms with E-state index in [1.165, 1.54) is 5.56 Å². The van der Waals surface area contributed by atoms with E-state index in [1.54, 1.807) is 12.4 Å². The third-order valence-corrected chi connectivity index (χ3v) is 3.73. The molecule has 0 radical (unpaired) electrons. The van der Waals surface area contributed by atoms with E-state index in [9.17, 15) is 0 Å². The van der Waals surface area contributed by atoms with Gasteiger partial charge in [-0.15, -0.1) is 0 Å². The molecule has 1 aromatic heterocycles. The minimum absolute atomic E-state index is 0.0622. The fourth-order valence-corrected chi connectivity index (χ4v) is 2.64. The minimum atomic E-state index is 0.0622.